The molecular formula is C56H105FO16. The van der Waals surface area contributed by atoms with Crippen molar-refractivity contribution in [2.45, 2.75) is 277 Å². The topological polar surface area (TPSA) is 156 Å². The van der Waals surface area contributed by atoms with Gasteiger partial charge in [-0.1, -0.05) is 120 Å². The molecule has 0 aromatic carbocycles. The predicted octanol–water partition coefficient (Wildman–Crippen LogP) is 10.4. The van der Waals surface area contributed by atoms with Crippen LogP contribution in [0.3, 0.4) is 0 Å². The Morgan fingerprint density at radius 1 is 0.356 bits per heavy atom. The summed E-state index contributed by atoms with van der Waals surface area (Å²) in [5.74, 6) is -0.557. The van der Waals surface area contributed by atoms with Crippen molar-refractivity contribution in [1.29, 1.82) is 0 Å². The molecule has 3 aliphatic rings. The fraction of sp³-hybridized carbons (Fsp3) is 0.982. The third kappa shape index (κ3) is 23.8. The number of alkyl halides is 1. The molecule has 15 atom stereocenters. The molecule has 0 N–H and O–H groups in total. The van der Waals surface area contributed by atoms with Crippen LogP contribution in [-0.2, 0) is 75.8 Å². The lowest BCUT2D eigenvalue weighted by Gasteiger charge is -2.51. The van der Waals surface area contributed by atoms with E-state index in [0.29, 0.717) is 59.5 Å². The Labute approximate surface area is 441 Å². The second-order valence-corrected chi connectivity index (χ2v) is 19.8. The number of hydrogen-bond acceptors (Lipinski definition) is 16. The van der Waals surface area contributed by atoms with Crippen molar-refractivity contribution < 1.29 is 80.2 Å². The zero-order chi connectivity index (χ0) is 53.1. The van der Waals surface area contributed by atoms with Crippen molar-refractivity contribution in [3.8, 4) is 0 Å². The number of esters is 1. The average molecular weight is 1050 g/mol. The van der Waals surface area contributed by atoms with Crippen LogP contribution in [0.25, 0.3) is 0 Å². The summed E-state index contributed by atoms with van der Waals surface area (Å²) in [6, 6.07) is 0. The molecule has 16 nitrogen and oxygen atoms in total. The first-order chi connectivity index (χ1) is 35.7. The smallest absolute Gasteiger partial charge is 0.303 e. The Hall–Kier alpha value is -1.16. The molecule has 0 aromatic rings. The Morgan fingerprint density at radius 3 is 0.973 bits per heavy atom. The van der Waals surface area contributed by atoms with Crippen LogP contribution in [0, 0.1) is 0 Å². The summed E-state index contributed by atoms with van der Waals surface area (Å²) < 4.78 is 117. The molecule has 73 heavy (non-hydrogen) atoms. The van der Waals surface area contributed by atoms with Crippen molar-refractivity contribution in [3.05, 3.63) is 0 Å². The fourth-order valence-electron chi connectivity index (χ4n) is 8.85. The molecule has 0 spiro atoms. The van der Waals surface area contributed by atoms with Gasteiger partial charge in [0.2, 0.25) is 6.36 Å². The number of carbonyl (C=O) groups excluding carboxylic acids is 1. The highest BCUT2D eigenvalue weighted by Crippen LogP contribution is 2.39. The van der Waals surface area contributed by atoms with Gasteiger partial charge in [0.05, 0.1) is 19.8 Å². The van der Waals surface area contributed by atoms with Gasteiger partial charge < -0.3 is 71.1 Å². The summed E-state index contributed by atoms with van der Waals surface area (Å²) in [4.78, 5) is 13.2. The van der Waals surface area contributed by atoms with Crippen LogP contribution in [0.1, 0.15) is 185 Å². The zero-order valence-corrected chi connectivity index (χ0v) is 47.3. The average Bonchev–Trinajstić information content (AvgIpc) is 3.37. The number of hydrogen-bond donors (Lipinski definition) is 0. The number of ether oxygens (including phenoxy) is 15. The lowest BCUT2D eigenvalue weighted by atomic mass is 9.95. The molecule has 0 aromatic heterocycles. The molecule has 3 saturated heterocycles. The minimum Gasteiger partial charge on any atom is -0.454 e. The summed E-state index contributed by atoms with van der Waals surface area (Å²) in [6.45, 7) is 24.5. The van der Waals surface area contributed by atoms with Crippen LogP contribution in [0.5, 0.6) is 0 Å². The molecule has 0 bridgehead atoms. The molecule has 432 valence electrons. The van der Waals surface area contributed by atoms with Gasteiger partial charge in [-0.05, 0) is 57.8 Å². The maximum Gasteiger partial charge on any atom is 0.303 e. The quantitative estimate of drug-likeness (QED) is 0.0419. The molecule has 3 fully saturated rings. The van der Waals surface area contributed by atoms with Gasteiger partial charge >= 0.3 is 5.97 Å². The molecule has 0 aliphatic carbocycles. The molecule has 0 saturated carbocycles. The van der Waals surface area contributed by atoms with E-state index in [0.717, 1.165) is 116 Å². The van der Waals surface area contributed by atoms with E-state index in [-0.39, 0.29) is 19.8 Å². The number of unbranched alkanes of at least 4 members (excludes halogenated alkanes) is 9. The van der Waals surface area contributed by atoms with Gasteiger partial charge in [-0.3, -0.25) is 4.79 Å². The van der Waals surface area contributed by atoms with Crippen molar-refractivity contribution in [2.75, 3.05) is 79.3 Å². The van der Waals surface area contributed by atoms with Gasteiger partial charge in [0, 0.05) is 66.4 Å². The lowest BCUT2D eigenvalue weighted by molar-refractivity contribution is -0.396. The molecule has 17 heteroatoms. The first-order valence-corrected chi connectivity index (χ1v) is 29.2. The zero-order valence-electron chi connectivity index (χ0n) is 47.3. The molecule has 3 heterocycles. The highest BCUT2D eigenvalue weighted by molar-refractivity contribution is 5.66. The summed E-state index contributed by atoms with van der Waals surface area (Å²) in [6.07, 6.45) is 0.0631. The van der Waals surface area contributed by atoms with E-state index in [2.05, 4.69) is 62.3 Å². The molecule has 3 rings (SSSR count). The highest BCUT2D eigenvalue weighted by Gasteiger charge is 2.57. The van der Waals surface area contributed by atoms with E-state index >= 15 is 4.39 Å². The van der Waals surface area contributed by atoms with Crippen molar-refractivity contribution in [3.63, 3.8) is 0 Å². The third-order valence-corrected chi connectivity index (χ3v) is 13.3. The van der Waals surface area contributed by atoms with E-state index in [1.165, 1.54) is 6.92 Å². The van der Waals surface area contributed by atoms with Gasteiger partial charge in [0.15, 0.2) is 18.7 Å². The summed E-state index contributed by atoms with van der Waals surface area (Å²) in [7, 11) is 0. The van der Waals surface area contributed by atoms with Crippen LogP contribution >= 0.6 is 0 Å². The van der Waals surface area contributed by atoms with Crippen LogP contribution < -0.4 is 0 Å². The normalized spacial score (nSPS) is 30.8. The maximum atomic E-state index is 17.3. The molecule has 3 aliphatic heterocycles. The monoisotopic (exact) mass is 1050 g/mol. The van der Waals surface area contributed by atoms with Gasteiger partial charge in [0.1, 0.15) is 67.1 Å². The third-order valence-electron chi connectivity index (χ3n) is 13.3. The standard InChI is InChI=1S/C56H105FO16/c1-11-20-29-59-38-42-45(62-32-23-14-4)48(65-35-26-17-7)51(54(57)69-42)72-56-53(50(67-37-28-19-9)47(64-34-25-16-6)44(71-56)40-61-31-22-13-3)73-55-52(68-41(10)58)49(66-36-27-18-8)46(63-33-24-15-5)43(70-55)39-60-30-21-12-2/h42-56H,11-40H2,1-10H3/t42?,43?,44?,45-,46-,47-,48?,49?,50?,51?,52-,53-,54+,55-,56-/m1/s1. The van der Waals surface area contributed by atoms with Crippen molar-refractivity contribution >= 4 is 5.97 Å². The minimum absolute atomic E-state index is 0.120. The Balaban J connectivity index is 2.29. The largest absolute Gasteiger partial charge is 0.454 e. The molecule has 0 amide bonds. The highest BCUT2D eigenvalue weighted by atomic mass is 19.1. The summed E-state index contributed by atoms with van der Waals surface area (Å²) in [5.41, 5.74) is 0. The molecule has 7 unspecified atom stereocenters. The van der Waals surface area contributed by atoms with Gasteiger partial charge in [-0.15, -0.1) is 0 Å². The van der Waals surface area contributed by atoms with Gasteiger partial charge in [0.25, 0.3) is 0 Å². The van der Waals surface area contributed by atoms with E-state index in [1.807, 2.05) is 0 Å². The second kappa shape index (κ2) is 41.0. The van der Waals surface area contributed by atoms with E-state index in [1.54, 1.807) is 0 Å². The lowest BCUT2D eigenvalue weighted by Crippen LogP contribution is -2.68. The van der Waals surface area contributed by atoms with Gasteiger partial charge in [-0.2, -0.15) is 0 Å². The first kappa shape index (κ1) is 66.1. The van der Waals surface area contributed by atoms with E-state index < -0.39 is 98.2 Å². The van der Waals surface area contributed by atoms with E-state index in [9.17, 15) is 4.79 Å². The molecule has 0 radical (unpaired) electrons. The predicted molar refractivity (Wildman–Crippen MR) is 277 cm³/mol. The molecular weight excluding hydrogens is 948 g/mol. The number of carbonyl (C=O) groups is 1. The fourth-order valence-corrected chi connectivity index (χ4v) is 8.85. The van der Waals surface area contributed by atoms with Crippen LogP contribution in [0.15, 0.2) is 0 Å². The number of halogens is 1. The SMILES string of the molecule is CCCCOCC1O[C@H](F)C(O[C@H]2OC(COCCCC)[C@@H](OCCCC)C(OCCCC)[C@H]2O[C@H]2OC(COCCCC)[C@@H](OCCCC)C(OCCCC)[C@H]2OC(C)=O)C(OCCCC)[C@@H]1OCCCC. The minimum atomic E-state index is -1.99. The van der Waals surface area contributed by atoms with Crippen molar-refractivity contribution in [1.82, 2.24) is 0 Å². The Kier molecular flexibility index (Phi) is 37.1. The van der Waals surface area contributed by atoms with Crippen LogP contribution in [0.2, 0.25) is 0 Å². The van der Waals surface area contributed by atoms with E-state index in [4.69, 9.17) is 71.1 Å². The van der Waals surface area contributed by atoms with Gasteiger partial charge in [-0.25, -0.2) is 4.39 Å². The number of rotatable bonds is 44. The summed E-state index contributed by atoms with van der Waals surface area (Å²) >= 11 is 0. The second-order valence-electron chi connectivity index (χ2n) is 19.8. The Bertz CT molecular complexity index is 1320. The maximum absolute atomic E-state index is 17.3. The van der Waals surface area contributed by atoms with Crippen LogP contribution in [-0.4, -0.2) is 177 Å². The Morgan fingerprint density at radius 2 is 0.630 bits per heavy atom. The summed E-state index contributed by atoms with van der Waals surface area (Å²) in [5, 5.41) is 0. The van der Waals surface area contributed by atoms with Crippen molar-refractivity contribution in [2.24, 2.45) is 0 Å². The van der Waals surface area contributed by atoms with Crippen LogP contribution in [0.4, 0.5) is 4.39 Å². The first-order valence-electron chi connectivity index (χ1n) is 29.2.